The van der Waals surface area contributed by atoms with E-state index in [4.69, 9.17) is 10.6 Å². The highest BCUT2D eigenvalue weighted by Gasteiger charge is 2.26. The number of nitrogens with zero attached hydrogens (tertiary/aromatic N) is 2. The van der Waals surface area contributed by atoms with Crippen molar-refractivity contribution < 1.29 is 19.1 Å². The molecule has 9 heteroatoms. The highest BCUT2D eigenvalue weighted by molar-refractivity contribution is 6.06. The van der Waals surface area contributed by atoms with Crippen molar-refractivity contribution in [3.8, 4) is 23.1 Å². The Morgan fingerprint density at radius 3 is 2.37 bits per heavy atom. The number of hydrogen-bond donors (Lipinski definition) is 3. The zero-order valence-corrected chi connectivity index (χ0v) is 20.2. The van der Waals surface area contributed by atoms with Gasteiger partial charge in [0.25, 0.3) is 5.91 Å². The molecule has 0 saturated carbocycles. The van der Waals surface area contributed by atoms with E-state index in [1.165, 1.54) is 0 Å². The Balaban J connectivity index is 1.29. The van der Waals surface area contributed by atoms with Gasteiger partial charge in [-0.2, -0.15) is 0 Å². The van der Waals surface area contributed by atoms with Crippen LogP contribution in [0.1, 0.15) is 44.7 Å². The second kappa shape index (κ2) is 11.0. The lowest BCUT2D eigenvalue weighted by Gasteiger charge is -2.08. The van der Waals surface area contributed by atoms with Crippen molar-refractivity contribution in [3.63, 3.8) is 0 Å². The van der Waals surface area contributed by atoms with Gasteiger partial charge in [0.1, 0.15) is 6.04 Å². The van der Waals surface area contributed by atoms with Crippen LogP contribution in [-0.4, -0.2) is 40.4 Å². The number of fused-ring (bicyclic) bond motifs is 1. The Morgan fingerprint density at radius 1 is 1.00 bits per heavy atom. The third-order valence-electron chi connectivity index (χ3n) is 6.18. The number of rotatable bonds is 4. The maximum absolute atomic E-state index is 12.3. The molecule has 5 rings (SSSR count). The van der Waals surface area contributed by atoms with Gasteiger partial charge in [0.2, 0.25) is 0 Å². The summed E-state index contributed by atoms with van der Waals surface area (Å²) in [5, 5.41) is 3.62. The van der Waals surface area contributed by atoms with Crippen molar-refractivity contribution in [1.29, 1.82) is 0 Å². The average Bonchev–Trinajstić information content (AvgIpc) is 3.51. The SMILES string of the molecule is NNC(=O)c1cc(-c2ccc(C#Cc3ccc(C(=O)OC(=O)C4CCCN4)cc3)cc2)nc2ccncc12. The number of carbonyl (C=O) groups is 3. The van der Waals surface area contributed by atoms with Gasteiger partial charge in [-0.05, 0) is 67.9 Å². The third-order valence-corrected chi connectivity index (χ3v) is 6.18. The average molecular weight is 506 g/mol. The molecule has 1 aliphatic rings. The van der Waals surface area contributed by atoms with Crippen LogP contribution in [0.5, 0.6) is 0 Å². The zero-order valence-electron chi connectivity index (χ0n) is 20.2. The molecule has 1 unspecified atom stereocenters. The molecule has 4 N–H and O–H groups in total. The van der Waals surface area contributed by atoms with Gasteiger partial charge in [-0.3, -0.25) is 15.2 Å². The van der Waals surface area contributed by atoms with E-state index >= 15 is 0 Å². The summed E-state index contributed by atoms with van der Waals surface area (Å²) in [6, 6.07) is 17.0. The van der Waals surface area contributed by atoms with Gasteiger partial charge in [0.15, 0.2) is 0 Å². The van der Waals surface area contributed by atoms with Crippen molar-refractivity contribution in [3.05, 3.63) is 95.3 Å². The van der Waals surface area contributed by atoms with Gasteiger partial charge in [0, 0.05) is 34.5 Å². The minimum atomic E-state index is -0.676. The van der Waals surface area contributed by atoms with E-state index in [-0.39, 0.29) is 5.56 Å². The first kappa shape index (κ1) is 24.8. The molecule has 1 atom stereocenters. The minimum absolute atomic E-state index is 0.285. The van der Waals surface area contributed by atoms with Crippen LogP contribution in [-0.2, 0) is 9.53 Å². The molecule has 0 spiro atoms. The molecule has 2 aromatic carbocycles. The molecule has 1 fully saturated rings. The predicted octanol–water partition coefficient (Wildman–Crippen LogP) is 2.74. The molecular formula is C29H23N5O4. The van der Waals surface area contributed by atoms with E-state index < -0.39 is 23.9 Å². The summed E-state index contributed by atoms with van der Waals surface area (Å²) in [5.74, 6) is 9.86. The number of aromatic nitrogens is 2. The van der Waals surface area contributed by atoms with Gasteiger partial charge in [-0.25, -0.2) is 20.4 Å². The first-order valence-electron chi connectivity index (χ1n) is 12.0. The van der Waals surface area contributed by atoms with Gasteiger partial charge >= 0.3 is 11.9 Å². The molecule has 1 amide bonds. The standard InChI is InChI=1S/C29H23N5O4/c30-34-27(35)22-16-26(33-24-13-15-31-17-23(22)24)20-9-5-18(6-10-20)3-4-19-7-11-21(12-8-19)28(36)38-29(37)25-2-1-14-32-25/h5-13,15-17,25,32H,1-2,14,30H2,(H,34,35). The van der Waals surface area contributed by atoms with Gasteiger partial charge in [-0.15, -0.1) is 0 Å². The normalized spacial score (nSPS) is 14.4. The molecule has 0 aliphatic carbocycles. The van der Waals surface area contributed by atoms with Gasteiger partial charge in [-0.1, -0.05) is 24.0 Å². The second-order valence-corrected chi connectivity index (χ2v) is 8.68. The van der Waals surface area contributed by atoms with Crippen molar-refractivity contribution in [2.45, 2.75) is 18.9 Å². The number of pyridine rings is 2. The molecule has 9 nitrogen and oxygen atoms in total. The van der Waals surface area contributed by atoms with Crippen molar-refractivity contribution in [2.75, 3.05) is 6.54 Å². The molecule has 188 valence electrons. The first-order valence-corrected chi connectivity index (χ1v) is 12.0. The lowest BCUT2D eigenvalue weighted by atomic mass is 10.0. The number of nitrogens with one attached hydrogen (secondary N) is 2. The molecule has 38 heavy (non-hydrogen) atoms. The summed E-state index contributed by atoms with van der Waals surface area (Å²) in [7, 11) is 0. The van der Waals surface area contributed by atoms with Crippen molar-refractivity contribution >= 4 is 28.7 Å². The number of carbonyl (C=O) groups excluding carboxylic acids is 3. The van der Waals surface area contributed by atoms with Gasteiger partial charge in [0.05, 0.1) is 22.3 Å². The van der Waals surface area contributed by atoms with Crippen LogP contribution in [0.15, 0.2) is 73.1 Å². The molecule has 1 saturated heterocycles. The van der Waals surface area contributed by atoms with Crippen LogP contribution >= 0.6 is 0 Å². The van der Waals surface area contributed by atoms with E-state index in [1.807, 2.05) is 24.3 Å². The molecule has 1 aliphatic heterocycles. The Hall–Kier alpha value is -4.91. The van der Waals surface area contributed by atoms with Crippen LogP contribution in [0.3, 0.4) is 0 Å². The summed E-state index contributed by atoms with van der Waals surface area (Å²) in [4.78, 5) is 45.3. The van der Waals surface area contributed by atoms with Crippen molar-refractivity contribution in [2.24, 2.45) is 5.84 Å². The van der Waals surface area contributed by atoms with Gasteiger partial charge < -0.3 is 10.1 Å². The lowest BCUT2D eigenvalue weighted by molar-refractivity contribution is -0.139. The highest BCUT2D eigenvalue weighted by Crippen LogP contribution is 2.24. The number of benzene rings is 2. The predicted molar refractivity (Wildman–Crippen MR) is 140 cm³/mol. The van der Waals surface area contributed by atoms with Crippen LogP contribution in [0.4, 0.5) is 0 Å². The zero-order chi connectivity index (χ0) is 26.5. The molecule has 0 radical (unpaired) electrons. The number of nitrogen functional groups attached to an aromatic ring is 1. The Labute approximate surface area is 218 Å². The van der Waals surface area contributed by atoms with E-state index in [2.05, 4.69) is 32.6 Å². The molecule has 3 heterocycles. The number of ether oxygens (including phenoxy) is 1. The van der Waals surface area contributed by atoms with Crippen LogP contribution in [0.2, 0.25) is 0 Å². The largest absolute Gasteiger partial charge is 0.388 e. The number of nitrogens with two attached hydrogens (primary N) is 1. The van der Waals surface area contributed by atoms with E-state index in [9.17, 15) is 14.4 Å². The summed E-state index contributed by atoms with van der Waals surface area (Å²) < 4.78 is 4.97. The number of esters is 2. The molecule has 0 bridgehead atoms. The van der Waals surface area contributed by atoms with Crippen LogP contribution in [0, 0.1) is 11.8 Å². The van der Waals surface area contributed by atoms with Crippen molar-refractivity contribution in [1.82, 2.24) is 20.7 Å². The van der Waals surface area contributed by atoms with E-state index in [0.29, 0.717) is 34.1 Å². The highest BCUT2D eigenvalue weighted by atomic mass is 16.6. The fraction of sp³-hybridized carbons (Fsp3) is 0.138. The number of hydrazine groups is 1. The summed E-state index contributed by atoms with van der Waals surface area (Å²) in [6.07, 6.45) is 4.75. The maximum Gasteiger partial charge on any atom is 0.345 e. The number of hydrogen-bond acceptors (Lipinski definition) is 8. The topological polar surface area (TPSA) is 136 Å². The lowest BCUT2D eigenvalue weighted by Crippen LogP contribution is -2.33. The summed E-state index contributed by atoms with van der Waals surface area (Å²) in [6.45, 7) is 0.747. The summed E-state index contributed by atoms with van der Waals surface area (Å²) in [5.41, 5.74) is 6.38. The quantitative estimate of drug-likeness (QED) is 0.0962. The fourth-order valence-corrected chi connectivity index (χ4v) is 4.15. The van der Waals surface area contributed by atoms with E-state index in [0.717, 1.165) is 24.1 Å². The fourth-order valence-electron chi connectivity index (χ4n) is 4.15. The van der Waals surface area contributed by atoms with E-state index in [1.54, 1.807) is 48.8 Å². The van der Waals surface area contributed by atoms with Crippen LogP contribution < -0.4 is 16.6 Å². The third kappa shape index (κ3) is 5.42. The molecule has 4 aromatic rings. The van der Waals surface area contributed by atoms with Crippen LogP contribution in [0.25, 0.3) is 22.2 Å². The molecule has 2 aromatic heterocycles. The Kier molecular flexibility index (Phi) is 7.17. The summed E-state index contributed by atoms with van der Waals surface area (Å²) >= 11 is 0. The monoisotopic (exact) mass is 505 g/mol. The Morgan fingerprint density at radius 2 is 1.71 bits per heavy atom. The first-order chi connectivity index (χ1) is 18.5. The Bertz CT molecular complexity index is 1580. The number of amides is 1. The molecular weight excluding hydrogens is 482 g/mol. The smallest absolute Gasteiger partial charge is 0.345 e. The minimum Gasteiger partial charge on any atom is -0.388 e. The maximum atomic E-state index is 12.3. The second-order valence-electron chi connectivity index (χ2n) is 8.68.